The molecule has 7 heteroatoms. The number of ether oxygens (including phenoxy) is 1. The van der Waals surface area contributed by atoms with Gasteiger partial charge in [-0.05, 0) is 31.4 Å². The van der Waals surface area contributed by atoms with Crippen LogP contribution in [0.15, 0.2) is 36.5 Å². The van der Waals surface area contributed by atoms with Crippen LogP contribution in [-0.2, 0) is 18.3 Å². The maximum absolute atomic E-state index is 12.4. The van der Waals surface area contributed by atoms with E-state index in [0.717, 1.165) is 30.5 Å². The van der Waals surface area contributed by atoms with Crippen molar-refractivity contribution in [3.05, 3.63) is 53.4 Å². The minimum absolute atomic E-state index is 0.0359. The standard InChI is InChI=1S/C18H19F2N3O2/c1-23-15-7-4-6-14(13(15)11-21-23)22-17(24)10-9-12-5-2-3-8-16(12)25-18(19)20/h2-3,5,8-11,14,18H,4,6-7H2,1H3,(H,22,24)/b10-9-/t14-/m1/s1. The molecule has 0 bridgehead atoms. The maximum Gasteiger partial charge on any atom is 0.387 e. The lowest BCUT2D eigenvalue weighted by Crippen LogP contribution is -2.29. The number of fused-ring (bicyclic) bond motifs is 1. The third kappa shape index (κ3) is 4.04. The third-order valence-corrected chi connectivity index (χ3v) is 4.24. The van der Waals surface area contributed by atoms with Gasteiger partial charge in [0.1, 0.15) is 5.75 Å². The maximum atomic E-state index is 12.4. The number of carbonyl (C=O) groups excluding carboxylic acids is 1. The molecule has 0 saturated heterocycles. The smallest absolute Gasteiger partial charge is 0.387 e. The van der Waals surface area contributed by atoms with E-state index in [1.165, 1.54) is 18.2 Å². The number of rotatable bonds is 5. The summed E-state index contributed by atoms with van der Waals surface area (Å²) in [5.41, 5.74) is 2.59. The molecule has 25 heavy (non-hydrogen) atoms. The highest BCUT2D eigenvalue weighted by molar-refractivity contribution is 5.92. The first-order valence-corrected chi connectivity index (χ1v) is 8.08. The Balaban J connectivity index is 1.69. The number of carbonyl (C=O) groups is 1. The van der Waals surface area contributed by atoms with Crippen molar-refractivity contribution < 1.29 is 18.3 Å². The normalized spacial score (nSPS) is 16.9. The van der Waals surface area contributed by atoms with Gasteiger partial charge in [-0.15, -0.1) is 0 Å². The number of benzene rings is 1. The molecule has 1 heterocycles. The number of hydrogen-bond acceptors (Lipinski definition) is 3. The van der Waals surface area contributed by atoms with Gasteiger partial charge in [-0.3, -0.25) is 9.48 Å². The summed E-state index contributed by atoms with van der Waals surface area (Å²) in [6.07, 6.45) is 7.37. The van der Waals surface area contributed by atoms with Gasteiger partial charge in [0.05, 0.1) is 12.2 Å². The predicted octanol–water partition coefficient (Wildman–Crippen LogP) is 3.23. The first-order valence-electron chi connectivity index (χ1n) is 8.08. The molecule has 1 aromatic heterocycles. The monoisotopic (exact) mass is 347 g/mol. The molecule has 132 valence electrons. The van der Waals surface area contributed by atoms with Crippen LogP contribution in [0, 0.1) is 0 Å². The highest BCUT2D eigenvalue weighted by atomic mass is 19.3. The molecule has 1 aliphatic carbocycles. The third-order valence-electron chi connectivity index (χ3n) is 4.24. The zero-order valence-corrected chi connectivity index (χ0v) is 13.8. The molecule has 0 radical (unpaired) electrons. The van der Waals surface area contributed by atoms with Crippen LogP contribution in [0.3, 0.4) is 0 Å². The van der Waals surface area contributed by atoms with Crippen LogP contribution in [-0.4, -0.2) is 22.3 Å². The molecular weight excluding hydrogens is 328 g/mol. The average molecular weight is 347 g/mol. The largest absolute Gasteiger partial charge is 0.434 e. The van der Waals surface area contributed by atoms with E-state index in [4.69, 9.17) is 0 Å². The summed E-state index contributed by atoms with van der Waals surface area (Å²) in [6.45, 7) is -2.91. The first-order chi connectivity index (χ1) is 12.0. The number of hydrogen-bond donors (Lipinski definition) is 1. The zero-order valence-electron chi connectivity index (χ0n) is 13.8. The Morgan fingerprint density at radius 1 is 1.44 bits per heavy atom. The first kappa shape index (κ1) is 17.1. The quantitative estimate of drug-likeness (QED) is 0.845. The summed E-state index contributed by atoms with van der Waals surface area (Å²) in [4.78, 5) is 12.2. The minimum Gasteiger partial charge on any atom is -0.434 e. The molecule has 0 saturated carbocycles. The predicted molar refractivity (Wildman–Crippen MR) is 89.1 cm³/mol. The van der Waals surface area contributed by atoms with Gasteiger partial charge in [-0.2, -0.15) is 13.9 Å². The van der Waals surface area contributed by atoms with Crippen molar-refractivity contribution in [2.24, 2.45) is 7.05 Å². The summed E-state index contributed by atoms with van der Waals surface area (Å²) in [7, 11) is 1.89. The van der Waals surface area contributed by atoms with Crippen molar-refractivity contribution >= 4 is 12.0 Å². The van der Waals surface area contributed by atoms with Crippen LogP contribution < -0.4 is 10.1 Å². The van der Waals surface area contributed by atoms with Crippen LogP contribution in [0.2, 0.25) is 0 Å². The van der Waals surface area contributed by atoms with E-state index in [-0.39, 0.29) is 17.7 Å². The molecule has 1 amide bonds. The van der Waals surface area contributed by atoms with Gasteiger partial charge in [0.2, 0.25) is 5.91 Å². The van der Waals surface area contributed by atoms with Crippen LogP contribution in [0.5, 0.6) is 5.75 Å². The summed E-state index contributed by atoms with van der Waals surface area (Å²) < 4.78 is 31.1. The van der Waals surface area contributed by atoms with E-state index in [1.54, 1.807) is 24.4 Å². The Bertz CT molecular complexity index is 786. The summed E-state index contributed by atoms with van der Waals surface area (Å²) in [5.74, 6) is -0.248. The van der Waals surface area contributed by atoms with Gasteiger partial charge in [0.25, 0.3) is 0 Å². The van der Waals surface area contributed by atoms with Crippen molar-refractivity contribution in [3.8, 4) is 5.75 Å². The zero-order chi connectivity index (χ0) is 17.8. The van der Waals surface area contributed by atoms with Gasteiger partial charge in [-0.1, -0.05) is 18.2 Å². The van der Waals surface area contributed by atoms with Crippen molar-refractivity contribution in [1.82, 2.24) is 15.1 Å². The van der Waals surface area contributed by atoms with Gasteiger partial charge in [-0.25, -0.2) is 0 Å². The molecule has 1 aromatic carbocycles. The molecule has 0 unspecified atom stereocenters. The van der Waals surface area contributed by atoms with Crippen LogP contribution in [0.25, 0.3) is 6.08 Å². The number of nitrogens with zero attached hydrogens (tertiary/aromatic N) is 2. The summed E-state index contributed by atoms with van der Waals surface area (Å²) >= 11 is 0. The molecular formula is C18H19F2N3O2. The summed E-state index contributed by atoms with van der Waals surface area (Å²) in [5, 5.41) is 7.20. The van der Waals surface area contributed by atoms with Crippen LogP contribution >= 0.6 is 0 Å². The number of aromatic nitrogens is 2. The van der Waals surface area contributed by atoms with Crippen molar-refractivity contribution in [1.29, 1.82) is 0 Å². The number of alkyl halides is 2. The fourth-order valence-corrected chi connectivity index (χ4v) is 3.06. The topological polar surface area (TPSA) is 56.2 Å². The van der Waals surface area contributed by atoms with Gasteiger partial charge in [0, 0.05) is 29.9 Å². The highest BCUT2D eigenvalue weighted by Gasteiger charge is 2.24. The lowest BCUT2D eigenvalue weighted by molar-refractivity contribution is -0.117. The second-order valence-corrected chi connectivity index (χ2v) is 5.87. The lowest BCUT2D eigenvalue weighted by Gasteiger charge is -2.23. The van der Waals surface area contributed by atoms with Crippen molar-refractivity contribution in [2.45, 2.75) is 31.9 Å². The van der Waals surface area contributed by atoms with Crippen LogP contribution in [0.4, 0.5) is 8.78 Å². The van der Waals surface area contributed by atoms with Crippen molar-refractivity contribution in [3.63, 3.8) is 0 Å². The van der Waals surface area contributed by atoms with Gasteiger partial charge < -0.3 is 10.1 Å². The Kier molecular flexibility index (Phi) is 5.11. The second-order valence-electron chi connectivity index (χ2n) is 5.87. The number of halogens is 2. The number of para-hydroxylation sites is 1. The van der Waals surface area contributed by atoms with E-state index < -0.39 is 6.61 Å². The molecule has 0 fully saturated rings. The van der Waals surface area contributed by atoms with E-state index in [2.05, 4.69) is 15.2 Å². The Morgan fingerprint density at radius 2 is 2.24 bits per heavy atom. The summed E-state index contributed by atoms with van der Waals surface area (Å²) in [6, 6.07) is 6.26. The van der Waals surface area contributed by atoms with E-state index in [0.29, 0.717) is 5.56 Å². The Morgan fingerprint density at radius 3 is 3.04 bits per heavy atom. The van der Waals surface area contributed by atoms with Crippen molar-refractivity contribution in [2.75, 3.05) is 0 Å². The van der Waals surface area contributed by atoms with Gasteiger partial charge in [0.15, 0.2) is 0 Å². The number of aryl methyl sites for hydroxylation is 1. The molecule has 5 nitrogen and oxygen atoms in total. The molecule has 2 aromatic rings. The molecule has 1 atom stereocenters. The highest BCUT2D eigenvalue weighted by Crippen LogP contribution is 2.29. The molecule has 0 spiro atoms. The molecule has 1 aliphatic rings. The molecule has 0 aliphatic heterocycles. The van der Waals surface area contributed by atoms with E-state index >= 15 is 0 Å². The van der Waals surface area contributed by atoms with E-state index in [9.17, 15) is 13.6 Å². The number of amides is 1. The van der Waals surface area contributed by atoms with Gasteiger partial charge >= 0.3 is 6.61 Å². The minimum atomic E-state index is -2.91. The van der Waals surface area contributed by atoms with Crippen LogP contribution in [0.1, 0.15) is 35.7 Å². The number of nitrogens with one attached hydrogen (secondary N) is 1. The fourth-order valence-electron chi connectivity index (χ4n) is 3.06. The molecule has 3 rings (SSSR count). The second kappa shape index (κ2) is 7.46. The molecule has 1 N–H and O–H groups in total. The fraction of sp³-hybridized carbons (Fsp3) is 0.333. The average Bonchev–Trinajstić information content (AvgIpc) is 2.96. The Labute approximate surface area is 144 Å². The lowest BCUT2D eigenvalue weighted by atomic mass is 9.93. The Hall–Kier alpha value is -2.70. The van der Waals surface area contributed by atoms with E-state index in [1.807, 2.05) is 11.7 Å². The SMILES string of the molecule is Cn1ncc2c1CCC[C@H]2NC(=O)/C=C\c1ccccc1OC(F)F.